The first-order valence-corrected chi connectivity index (χ1v) is 7.35. The van der Waals surface area contributed by atoms with Gasteiger partial charge in [0.15, 0.2) is 0 Å². The Labute approximate surface area is 125 Å². The van der Waals surface area contributed by atoms with E-state index < -0.39 is 17.4 Å². The molecule has 0 saturated carbocycles. The van der Waals surface area contributed by atoms with Crippen LogP contribution >= 0.6 is 0 Å². The second kappa shape index (κ2) is 8.31. The van der Waals surface area contributed by atoms with Crippen LogP contribution in [0.1, 0.15) is 33.1 Å². The maximum Gasteiger partial charge on any atom is 0.323 e. The number of amides is 1. The molecular formula is C14H26N2O5. The van der Waals surface area contributed by atoms with Gasteiger partial charge in [-0.2, -0.15) is 0 Å². The number of hydrogen-bond acceptors (Lipinski definition) is 6. The average molecular weight is 302 g/mol. The summed E-state index contributed by atoms with van der Waals surface area (Å²) < 4.78 is 5.21. The Morgan fingerprint density at radius 2 is 2.19 bits per heavy atom. The number of hydrogen-bond donors (Lipinski definition) is 4. The summed E-state index contributed by atoms with van der Waals surface area (Å²) in [6, 6.07) is -0.281. The molecular weight excluding hydrogens is 276 g/mol. The van der Waals surface area contributed by atoms with Gasteiger partial charge in [-0.15, -0.1) is 0 Å². The molecule has 1 amide bonds. The van der Waals surface area contributed by atoms with Crippen molar-refractivity contribution >= 4 is 11.9 Å². The molecule has 0 aliphatic carbocycles. The maximum absolute atomic E-state index is 11.8. The van der Waals surface area contributed by atoms with Gasteiger partial charge in [0, 0.05) is 18.6 Å². The molecule has 21 heavy (non-hydrogen) atoms. The first kappa shape index (κ1) is 17.9. The molecule has 1 unspecified atom stereocenters. The number of esters is 1. The molecule has 1 rings (SSSR count). The highest BCUT2D eigenvalue weighted by Crippen LogP contribution is 2.22. The molecule has 4 N–H and O–H groups in total. The maximum atomic E-state index is 11.8. The number of aliphatic hydroxyl groups excluding tert-OH is 2. The lowest BCUT2D eigenvalue weighted by atomic mass is 9.87. The Kier molecular flexibility index (Phi) is 7.07. The minimum absolute atomic E-state index is 0.0221. The van der Waals surface area contributed by atoms with E-state index >= 15 is 0 Å². The van der Waals surface area contributed by atoms with Gasteiger partial charge in [-0.25, -0.2) is 0 Å². The van der Waals surface area contributed by atoms with Crippen molar-refractivity contribution in [3.8, 4) is 0 Å². The van der Waals surface area contributed by atoms with Crippen molar-refractivity contribution in [2.24, 2.45) is 5.41 Å². The standard InChI is InChI=1S/C14H26N2O5/c1-14(2,11(18)12(19)16-7-4-8-17)9-21-13(20)10-5-3-6-15-10/h10-11,15,17-18H,3-9H2,1-2H3,(H,16,19)/t10-,11?/m0/s1. The third kappa shape index (κ3) is 5.61. The average Bonchev–Trinajstić information content (AvgIpc) is 2.98. The van der Waals surface area contributed by atoms with E-state index in [0.717, 1.165) is 19.4 Å². The van der Waals surface area contributed by atoms with Gasteiger partial charge in [-0.3, -0.25) is 9.59 Å². The van der Waals surface area contributed by atoms with Crippen molar-refractivity contribution in [3.63, 3.8) is 0 Å². The van der Waals surface area contributed by atoms with Crippen LogP contribution in [0.3, 0.4) is 0 Å². The zero-order chi connectivity index (χ0) is 15.9. The van der Waals surface area contributed by atoms with Crippen molar-refractivity contribution in [2.45, 2.75) is 45.3 Å². The summed E-state index contributed by atoms with van der Waals surface area (Å²) in [5.74, 6) is -0.864. The van der Waals surface area contributed by atoms with Crippen LogP contribution < -0.4 is 10.6 Å². The smallest absolute Gasteiger partial charge is 0.323 e. The Balaban J connectivity index is 2.39. The van der Waals surface area contributed by atoms with Crippen LogP contribution in [0.4, 0.5) is 0 Å². The van der Waals surface area contributed by atoms with E-state index in [1.807, 2.05) is 0 Å². The number of rotatable bonds is 8. The minimum atomic E-state index is -1.28. The zero-order valence-electron chi connectivity index (χ0n) is 12.7. The fraction of sp³-hybridized carbons (Fsp3) is 0.857. The van der Waals surface area contributed by atoms with Crippen LogP contribution in [-0.4, -0.2) is 60.5 Å². The van der Waals surface area contributed by atoms with E-state index in [1.54, 1.807) is 13.8 Å². The molecule has 1 fully saturated rings. The van der Waals surface area contributed by atoms with Crippen LogP contribution in [0.15, 0.2) is 0 Å². The number of carbonyl (C=O) groups excluding carboxylic acids is 2. The second-order valence-corrected chi connectivity index (χ2v) is 6.02. The monoisotopic (exact) mass is 302 g/mol. The predicted octanol–water partition coefficient (Wildman–Crippen LogP) is -0.833. The lowest BCUT2D eigenvalue weighted by Gasteiger charge is -2.29. The molecule has 1 aliphatic rings. The van der Waals surface area contributed by atoms with Gasteiger partial charge in [-0.1, -0.05) is 13.8 Å². The quantitative estimate of drug-likeness (QED) is 0.344. The first-order chi connectivity index (χ1) is 9.88. The highest BCUT2D eigenvalue weighted by Gasteiger charge is 2.35. The van der Waals surface area contributed by atoms with Crippen LogP contribution in [0.5, 0.6) is 0 Å². The molecule has 1 aliphatic heterocycles. The Hall–Kier alpha value is -1.18. The SMILES string of the molecule is CC(C)(COC(=O)[C@@H]1CCCN1)C(O)C(=O)NCCCO. The summed E-state index contributed by atoms with van der Waals surface area (Å²) in [5, 5.41) is 24.3. The molecule has 0 aromatic carbocycles. The van der Waals surface area contributed by atoms with E-state index in [0.29, 0.717) is 13.0 Å². The Bertz CT molecular complexity index is 353. The van der Waals surface area contributed by atoms with Crippen molar-refractivity contribution in [1.82, 2.24) is 10.6 Å². The Morgan fingerprint density at radius 3 is 2.76 bits per heavy atom. The predicted molar refractivity (Wildman–Crippen MR) is 76.5 cm³/mol. The van der Waals surface area contributed by atoms with Crippen LogP contribution in [0, 0.1) is 5.41 Å². The van der Waals surface area contributed by atoms with Crippen LogP contribution in [0.25, 0.3) is 0 Å². The van der Waals surface area contributed by atoms with E-state index in [1.165, 1.54) is 0 Å². The fourth-order valence-electron chi connectivity index (χ4n) is 2.06. The molecule has 0 bridgehead atoms. The topological polar surface area (TPSA) is 108 Å². The molecule has 2 atom stereocenters. The molecule has 7 nitrogen and oxygen atoms in total. The third-order valence-electron chi connectivity index (χ3n) is 3.55. The summed E-state index contributed by atoms with van der Waals surface area (Å²) >= 11 is 0. The highest BCUT2D eigenvalue weighted by molar-refractivity contribution is 5.81. The number of carbonyl (C=O) groups is 2. The van der Waals surface area contributed by atoms with Crippen LogP contribution in [0.2, 0.25) is 0 Å². The number of nitrogens with one attached hydrogen (secondary N) is 2. The first-order valence-electron chi connectivity index (χ1n) is 7.35. The van der Waals surface area contributed by atoms with Gasteiger partial charge in [0.25, 0.3) is 0 Å². The Morgan fingerprint density at radius 1 is 1.48 bits per heavy atom. The van der Waals surface area contributed by atoms with Crippen molar-refractivity contribution < 1.29 is 24.5 Å². The minimum Gasteiger partial charge on any atom is -0.464 e. The van der Waals surface area contributed by atoms with E-state index in [4.69, 9.17) is 9.84 Å². The number of ether oxygens (including phenoxy) is 1. The molecule has 7 heteroatoms. The molecule has 0 aromatic rings. The zero-order valence-corrected chi connectivity index (χ0v) is 12.7. The van der Waals surface area contributed by atoms with E-state index in [-0.39, 0.29) is 25.2 Å². The van der Waals surface area contributed by atoms with Gasteiger partial charge < -0.3 is 25.6 Å². The van der Waals surface area contributed by atoms with Crippen molar-refractivity contribution in [3.05, 3.63) is 0 Å². The lowest BCUT2D eigenvalue weighted by Crippen LogP contribution is -2.47. The summed E-state index contributed by atoms with van der Waals surface area (Å²) in [7, 11) is 0. The highest BCUT2D eigenvalue weighted by atomic mass is 16.5. The number of aliphatic hydroxyl groups is 2. The molecule has 122 valence electrons. The molecule has 0 spiro atoms. The molecule has 0 aromatic heterocycles. The summed E-state index contributed by atoms with van der Waals surface area (Å²) in [6.45, 7) is 4.38. The fourth-order valence-corrected chi connectivity index (χ4v) is 2.06. The molecule has 0 radical (unpaired) electrons. The van der Waals surface area contributed by atoms with Gasteiger partial charge in [0.05, 0.1) is 6.61 Å². The van der Waals surface area contributed by atoms with Crippen LogP contribution in [-0.2, 0) is 14.3 Å². The van der Waals surface area contributed by atoms with Gasteiger partial charge in [-0.05, 0) is 25.8 Å². The molecule has 1 saturated heterocycles. The van der Waals surface area contributed by atoms with Gasteiger partial charge in [0.2, 0.25) is 5.91 Å². The van der Waals surface area contributed by atoms with E-state index in [9.17, 15) is 14.7 Å². The normalized spacial score (nSPS) is 20.1. The van der Waals surface area contributed by atoms with Gasteiger partial charge >= 0.3 is 5.97 Å². The van der Waals surface area contributed by atoms with Crippen molar-refractivity contribution in [1.29, 1.82) is 0 Å². The summed E-state index contributed by atoms with van der Waals surface area (Å²) in [5.41, 5.74) is -0.877. The summed E-state index contributed by atoms with van der Waals surface area (Å²) in [4.78, 5) is 23.6. The van der Waals surface area contributed by atoms with Gasteiger partial charge in [0.1, 0.15) is 12.1 Å². The largest absolute Gasteiger partial charge is 0.464 e. The van der Waals surface area contributed by atoms with Crippen molar-refractivity contribution in [2.75, 3.05) is 26.3 Å². The van der Waals surface area contributed by atoms with E-state index in [2.05, 4.69) is 10.6 Å². The summed E-state index contributed by atoms with van der Waals surface area (Å²) in [6.07, 6.45) is 0.851. The lowest BCUT2D eigenvalue weighted by molar-refractivity contribution is -0.154. The third-order valence-corrected chi connectivity index (χ3v) is 3.55. The second-order valence-electron chi connectivity index (χ2n) is 6.02. The molecule has 1 heterocycles.